The lowest BCUT2D eigenvalue weighted by Gasteiger charge is -2.34. The Kier molecular flexibility index (Phi) is 5.64. The highest BCUT2D eigenvalue weighted by Crippen LogP contribution is 2.47. The van der Waals surface area contributed by atoms with Gasteiger partial charge in [0, 0.05) is 11.9 Å². The van der Waals surface area contributed by atoms with Crippen LogP contribution in [0, 0.1) is 0 Å². The van der Waals surface area contributed by atoms with E-state index >= 15 is 0 Å². The van der Waals surface area contributed by atoms with Gasteiger partial charge in [0.1, 0.15) is 12.2 Å². The number of nitrogens with zero attached hydrogens (tertiary/aromatic N) is 2. The van der Waals surface area contributed by atoms with E-state index in [0.29, 0.717) is 17.1 Å². The number of carboxylic acids is 1. The molecule has 0 spiro atoms. The molecular weight excluding hydrogens is 446 g/mol. The predicted octanol–water partition coefficient (Wildman–Crippen LogP) is 2.31. The highest BCUT2D eigenvalue weighted by atomic mass is 32.2. The van der Waals surface area contributed by atoms with E-state index < -0.39 is 34.1 Å². The first-order valence-corrected chi connectivity index (χ1v) is 11.7. The number of pyridine rings is 1. The number of nitrogens with one attached hydrogen (secondary N) is 2. The number of aromatic nitrogens is 1. The molecule has 33 heavy (non-hydrogen) atoms. The molecule has 2 aromatic carbocycles. The number of sulfonamides is 1. The Labute approximate surface area is 190 Å². The number of fused-ring (bicyclic) bond motifs is 1. The average molecular weight is 468 g/mol. The minimum Gasteiger partial charge on any atom is -0.478 e. The quantitative estimate of drug-likeness (QED) is 0.413. The monoisotopic (exact) mass is 467 g/mol. The molecule has 2 atom stereocenters. The van der Waals surface area contributed by atoms with Crippen LogP contribution in [-0.2, 0) is 14.8 Å². The maximum atomic E-state index is 12.7. The summed E-state index contributed by atoms with van der Waals surface area (Å²) in [5.74, 6) is -1.58. The van der Waals surface area contributed by atoms with Gasteiger partial charge < -0.3 is 21.1 Å². The SMILES string of the molecule is CS(=O)(=O)Nc1ccc(C(C(N)=O)N2c3c(C(=O)O)ccnc3NC2c2ccccc2)cc1. The molecular formula is C22H21N5O5S. The summed E-state index contributed by atoms with van der Waals surface area (Å²) in [6.45, 7) is 0. The van der Waals surface area contributed by atoms with Crippen molar-refractivity contribution in [3.63, 3.8) is 0 Å². The van der Waals surface area contributed by atoms with E-state index in [-0.39, 0.29) is 11.3 Å². The van der Waals surface area contributed by atoms with Crippen molar-refractivity contribution in [2.45, 2.75) is 12.2 Å². The fourth-order valence-electron chi connectivity index (χ4n) is 3.89. The smallest absolute Gasteiger partial charge is 0.338 e. The molecule has 0 bridgehead atoms. The van der Waals surface area contributed by atoms with E-state index in [2.05, 4.69) is 15.0 Å². The van der Waals surface area contributed by atoms with Crippen LogP contribution >= 0.6 is 0 Å². The van der Waals surface area contributed by atoms with E-state index in [1.807, 2.05) is 30.3 Å². The molecule has 10 nitrogen and oxygen atoms in total. The first-order valence-electron chi connectivity index (χ1n) is 9.85. The number of aromatic carboxylic acids is 1. The van der Waals surface area contributed by atoms with Crippen molar-refractivity contribution in [3.05, 3.63) is 83.6 Å². The molecule has 1 aromatic heterocycles. The number of hydrogen-bond acceptors (Lipinski definition) is 7. The molecule has 1 aliphatic heterocycles. The van der Waals surface area contributed by atoms with Crippen LogP contribution in [0.15, 0.2) is 66.9 Å². The van der Waals surface area contributed by atoms with Gasteiger partial charge in [-0.05, 0) is 29.3 Å². The zero-order valence-corrected chi connectivity index (χ0v) is 18.3. The van der Waals surface area contributed by atoms with Gasteiger partial charge in [-0.2, -0.15) is 0 Å². The highest BCUT2D eigenvalue weighted by Gasteiger charge is 2.41. The van der Waals surface area contributed by atoms with Crippen molar-refractivity contribution in [2.75, 3.05) is 21.2 Å². The maximum absolute atomic E-state index is 12.7. The molecule has 1 amide bonds. The van der Waals surface area contributed by atoms with Crippen LogP contribution in [0.1, 0.15) is 33.7 Å². The Morgan fingerprint density at radius 2 is 1.79 bits per heavy atom. The zero-order valence-electron chi connectivity index (χ0n) is 17.5. The van der Waals surface area contributed by atoms with Crippen LogP contribution in [0.25, 0.3) is 0 Å². The molecule has 11 heteroatoms. The van der Waals surface area contributed by atoms with Crippen molar-refractivity contribution in [2.24, 2.45) is 5.73 Å². The van der Waals surface area contributed by atoms with Crippen LogP contribution in [0.4, 0.5) is 17.2 Å². The Morgan fingerprint density at radius 3 is 2.36 bits per heavy atom. The van der Waals surface area contributed by atoms with E-state index in [9.17, 15) is 23.1 Å². The number of hydrogen-bond donors (Lipinski definition) is 4. The van der Waals surface area contributed by atoms with Gasteiger partial charge in [0.2, 0.25) is 15.9 Å². The summed E-state index contributed by atoms with van der Waals surface area (Å²) < 4.78 is 25.4. The molecule has 0 fully saturated rings. The van der Waals surface area contributed by atoms with Crippen molar-refractivity contribution >= 4 is 39.1 Å². The molecule has 0 radical (unpaired) electrons. The van der Waals surface area contributed by atoms with Gasteiger partial charge in [-0.15, -0.1) is 0 Å². The van der Waals surface area contributed by atoms with Gasteiger partial charge in [0.25, 0.3) is 0 Å². The Morgan fingerprint density at radius 1 is 1.12 bits per heavy atom. The summed E-state index contributed by atoms with van der Waals surface area (Å²) >= 11 is 0. The molecule has 0 saturated carbocycles. The number of nitrogens with two attached hydrogens (primary N) is 1. The second-order valence-corrected chi connectivity index (χ2v) is 9.28. The second kappa shape index (κ2) is 8.43. The first-order chi connectivity index (χ1) is 15.7. The lowest BCUT2D eigenvalue weighted by atomic mass is 10.0. The van der Waals surface area contributed by atoms with E-state index in [4.69, 9.17) is 5.73 Å². The Balaban J connectivity index is 1.86. The number of anilines is 3. The number of rotatable bonds is 7. The van der Waals surface area contributed by atoms with Gasteiger partial charge in [-0.3, -0.25) is 9.52 Å². The Hall–Kier alpha value is -4.12. The van der Waals surface area contributed by atoms with Gasteiger partial charge >= 0.3 is 5.97 Å². The Bertz CT molecular complexity index is 1310. The average Bonchev–Trinajstić information content (AvgIpc) is 3.14. The topological polar surface area (TPSA) is 155 Å². The van der Waals surface area contributed by atoms with Crippen LogP contribution in [-0.4, -0.2) is 36.6 Å². The van der Waals surface area contributed by atoms with Crippen LogP contribution in [0.3, 0.4) is 0 Å². The predicted molar refractivity (Wildman–Crippen MR) is 123 cm³/mol. The van der Waals surface area contributed by atoms with Crippen molar-refractivity contribution < 1.29 is 23.1 Å². The number of amides is 1. The minimum absolute atomic E-state index is 0.0347. The fourth-order valence-corrected chi connectivity index (χ4v) is 4.45. The standard InChI is InChI=1S/C22H21N5O5S/c1-33(31,32)26-15-9-7-13(8-10-15)17(19(23)28)27-18-16(22(29)30)11-12-24-20(18)25-21(27)14-5-3-2-4-6-14/h2-12,17,21,26H,1H3,(H2,23,28)(H,24,25)(H,29,30). The molecule has 1 aliphatic rings. The fraction of sp³-hybridized carbons (Fsp3) is 0.136. The van der Waals surface area contributed by atoms with Gasteiger partial charge in [-0.1, -0.05) is 42.5 Å². The number of carbonyl (C=O) groups excluding carboxylic acids is 1. The third-order valence-corrected chi connectivity index (χ3v) is 5.76. The van der Waals surface area contributed by atoms with Crippen molar-refractivity contribution in [3.8, 4) is 0 Å². The number of benzene rings is 2. The molecule has 3 aromatic rings. The van der Waals surface area contributed by atoms with E-state index in [1.54, 1.807) is 17.0 Å². The summed E-state index contributed by atoms with van der Waals surface area (Å²) in [7, 11) is -3.48. The molecule has 5 N–H and O–H groups in total. The molecule has 170 valence electrons. The normalized spacial score (nSPS) is 15.9. The van der Waals surface area contributed by atoms with E-state index in [0.717, 1.165) is 11.8 Å². The number of carboxylic acid groups (broad SMARTS) is 1. The third kappa shape index (κ3) is 4.44. The molecule has 0 aliphatic carbocycles. The third-order valence-electron chi connectivity index (χ3n) is 5.16. The minimum atomic E-state index is -3.48. The number of primary amides is 1. The highest BCUT2D eigenvalue weighted by molar-refractivity contribution is 7.92. The van der Waals surface area contributed by atoms with Gasteiger partial charge in [0.05, 0.1) is 17.5 Å². The molecule has 0 saturated heterocycles. The molecule has 2 unspecified atom stereocenters. The summed E-state index contributed by atoms with van der Waals surface area (Å²) in [6, 6.07) is 15.6. The zero-order chi connectivity index (χ0) is 23.8. The molecule has 2 heterocycles. The van der Waals surface area contributed by atoms with Crippen LogP contribution in [0.2, 0.25) is 0 Å². The van der Waals surface area contributed by atoms with Crippen molar-refractivity contribution in [1.82, 2.24) is 4.98 Å². The summed E-state index contributed by atoms with van der Waals surface area (Å²) in [6.07, 6.45) is 1.79. The van der Waals surface area contributed by atoms with Crippen molar-refractivity contribution in [1.29, 1.82) is 0 Å². The van der Waals surface area contributed by atoms with Crippen LogP contribution in [0.5, 0.6) is 0 Å². The lowest BCUT2D eigenvalue weighted by molar-refractivity contribution is -0.119. The maximum Gasteiger partial charge on any atom is 0.338 e. The summed E-state index contributed by atoms with van der Waals surface area (Å²) in [5.41, 5.74) is 7.57. The largest absolute Gasteiger partial charge is 0.478 e. The van der Waals surface area contributed by atoms with Gasteiger partial charge in [0.15, 0.2) is 5.82 Å². The first kappa shape index (κ1) is 22.1. The van der Waals surface area contributed by atoms with Gasteiger partial charge in [-0.25, -0.2) is 18.2 Å². The number of carbonyl (C=O) groups is 2. The van der Waals surface area contributed by atoms with Crippen LogP contribution < -0.4 is 20.7 Å². The molecule has 4 rings (SSSR count). The van der Waals surface area contributed by atoms with E-state index in [1.165, 1.54) is 24.4 Å². The second-order valence-electron chi connectivity index (χ2n) is 7.53. The summed E-state index contributed by atoms with van der Waals surface area (Å²) in [5, 5.41) is 13.0. The summed E-state index contributed by atoms with van der Waals surface area (Å²) in [4.78, 5) is 30.6. The lowest BCUT2D eigenvalue weighted by Crippen LogP contribution is -2.40.